The Labute approximate surface area is 220 Å². The van der Waals surface area contributed by atoms with Crippen LogP contribution in [0.5, 0.6) is 11.5 Å². The normalized spacial score (nSPS) is 20.0. The zero-order valence-electron chi connectivity index (χ0n) is 21.8. The number of phenols is 1. The average Bonchev–Trinajstić information content (AvgIpc) is 3.39. The first kappa shape index (κ1) is 25.7. The first-order valence-corrected chi connectivity index (χ1v) is 12.8. The van der Waals surface area contributed by atoms with Crippen LogP contribution in [0.2, 0.25) is 0 Å². The number of ketones is 1. The molecule has 2 aliphatic heterocycles. The van der Waals surface area contributed by atoms with Gasteiger partial charge in [-0.3, -0.25) is 14.5 Å². The first-order valence-electron chi connectivity index (χ1n) is 12.8. The topological polar surface area (TPSA) is 117 Å². The van der Waals surface area contributed by atoms with Gasteiger partial charge in [-0.05, 0) is 50.1 Å². The quantitative estimate of drug-likeness (QED) is 0.278. The molecule has 4 heterocycles. The number of aliphatic hydroxyl groups excluding tert-OH is 1. The molecule has 0 saturated carbocycles. The third-order valence-electron chi connectivity index (χ3n) is 7.21. The molecular weight excluding hydrogens is 488 g/mol. The number of rotatable bonds is 7. The van der Waals surface area contributed by atoms with Gasteiger partial charge in [-0.1, -0.05) is 12.1 Å². The minimum atomic E-state index is -0.874. The number of amides is 1. The summed E-state index contributed by atoms with van der Waals surface area (Å²) in [6.07, 6.45) is 1.84. The maximum atomic E-state index is 13.5. The number of carbonyl (C=O) groups excluding carboxylic acids is 2. The fourth-order valence-corrected chi connectivity index (χ4v) is 5.18. The van der Waals surface area contributed by atoms with Crippen molar-refractivity contribution in [3.63, 3.8) is 0 Å². The molecule has 2 N–H and O–H groups in total. The number of Topliss-reactive ketones (excluding diaryl/α,β-unsaturated/α-hetero) is 1. The second-order valence-electron chi connectivity index (χ2n) is 9.54. The number of likely N-dealkylation sites (tertiary alicyclic amines) is 1. The lowest BCUT2D eigenvalue weighted by atomic mass is 9.96. The van der Waals surface area contributed by atoms with Crippen LogP contribution in [0, 0.1) is 13.8 Å². The molecule has 2 saturated heterocycles. The highest BCUT2D eigenvalue weighted by molar-refractivity contribution is 6.46. The highest BCUT2D eigenvalue weighted by Gasteiger charge is 2.46. The van der Waals surface area contributed by atoms with Crippen molar-refractivity contribution in [1.82, 2.24) is 19.2 Å². The molecule has 1 unspecified atom stereocenters. The number of hydrogen-bond donors (Lipinski definition) is 2. The van der Waals surface area contributed by atoms with Crippen molar-refractivity contribution in [1.29, 1.82) is 0 Å². The van der Waals surface area contributed by atoms with E-state index in [0.29, 0.717) is 43.3 Å². The van der Waals surface area contributed by atoms with Crippen molar-refractivity contribution >= 4 is 23.1 Å². The Kier molecular flexibility index (Phi) is 7.09. The lowest BCUT2D eigenvalue weighted by Crippen LogP contribution is -2.42. The summed E-state index contributed by atoms with van der Waals surface area (Å²) in [4.78, 5) is 35.2. The summed E-state index contributed by atoms with van der Waals surface area (Å²) in [6, 6.07) is 7.66. The second-order valence-corrected chi connectivity index (χ2v) is 9.54. The molecule has 10 nitrogen and oxygen atoms in total. The largest absolute Gasteiger partial charge is 0.505 e. The Balaban J connectivity index is 1.63. The number of carbonyl (C=O) groups is 2. The Morgan fingerprint density at radius 1 is 1.16 bits per heavy atom. The van der Waals surface area contributed by atoms with Crippen LogP contribution in [-0.2, 0) is 14.3 Å². The summed E-state index contributed by atoms with van der Waals surface area (Å²) >= 11 is 0. The summed E-state index contributed by atoms with van der Waals surface area (Å²) in [7, 11) is 0. The fourth-order valence-electron chi connectivity index (χ4n) is 5.18. The Bertz CT molecular complexity index is 1420. The van der Waals surface area contributed by atoms with Crippen molar-refractivity contribution in [2.24, 2.45) is 0 Å². The minimum Gasteiger partial charge on any atom is -0.505 e. The van der Waals surface area contributed by atoms with E-state index in [0.717, 1.165) is 18.7 Å². The van der Waals surface area contributed by atoms with E-state index in [4.69, 9.17) is 9.47 Å². The van der Waals surface area contributed by atoms with Gasteiger partial charge in [-0.25, -0.2) is 4.98 Å². The monoisotopic (exact) mass is 520 g/mol. The summed E-state index contributed by atoms with van der Waals surface area (Å²) in [5, 5.41) is 21.9. The molecule has 5 rings (SSSR count). The number of imidazole rings is 1. The molecule has 0 bridgehead atoms. The van der Waals surface area contributed by atoms with E-state index in [1.165, 1.54) is 11.0 Å². The van der Waals surface area contributed by atoms with Gasteiger partial charge in [0.05, 0.1) is 37.1 Å². The van der Waals surface area contributed by atoms with E-state index in [2.05, 4.69) is 9.88 Å². The van der Waals surface area contributed by atoms with Crippen molar-refractivity contribution in [3.05, 3.63) is 64.6 Å². The number of fused-ring (bicyclic) bond motifs is 1. The van der Waals surface area contributed by atoms with Gasteiger partial charge < -0.3 is 29.0 Å². The second kappa shape index (κ2) is 10.5. The summed E-state index contributed by atoms with van der Waals surface area (Å²) < 4.78 is 12.9. The van der Waals surface area contributed by atoms with Gasteiger partial charge >= 0.3 is 0 Å². The van der Waals surface area contributed by atoms with Crippen LogP contribution >= 0.6 is 0 Å². The number of nitrogens with zero attached hydrogens (tertiary/aromatic N) is 4. The van der Waals surface area contributed by atoms with Crippen LogP contribution in [0.25, 0.3) is 11.4 Å². The van der Waals surface area contributed by atoms with E-state index in [9.17, 15) is 19.8 Å². The van der Waals surface area contributed by atoms with Gasteiger partial charge in [0, 0.05) is 32.4 Å². The van der Waals surface area contributed by atoms with Crippen molar-refractivity contribution < 1.29 is 29.3 Å². The number of aliphatic hydroxyl groups is 1. The van der Waals surface area contributed by atoms with Crippen LogP contribution in [0.1, 0.15) is 35.5 Å². The molecule has 38 heavy (non-hydrogen) atoms. The number of pyridine rings is 1. The Hall–Kier alpha value is -3.89. The SMILES string of the molecule is CCOc1cc(C2/C(=C(\O)c3nc4c(C)cccn4c3C)C(=O)C(=O)N2CCN2CCOCC2)ccc1O. The number of hydrogen-bond acceptors (Lipinski definition) is 8. The van der Waals surface area contributed by atoms with Crippen LogP contribution < -0.4 is 4.74 Å². The molecule has 0 radical (unpaired) electrons. The minimum absolute atomic E-state index is 0.0331. The van der Waals surface area contributed by atoms with Crippen molar-refractivity contribution in [3.8, 4) is 11.5 Å². The molecule has 2 fully saturated rings. The highest BCUT2D eigenvalue weighted by atomic mass is 16.5. The molecule has 2 aliphatic rings. The standard InChI is InChI=1S/C28H32N4O6/c1-4-38-21-16-19(7-8-20(21)33)24-22(25(34)23-18(3)31-9-5-6-17(2)27(31)29-23)26(35)28(36)32(24)11-10-30-12-14-37-15-13-30/h5-9,16,24,33-34H,4,10-15H2,1-3H3/b25-22+. The summed E-state index contributed by atoms with van der Waals surface area (Å²) in [5.74, 6) is -1.59. The molecular formula is C28H32N4O6. The number of benzene rings is 1. The number of phenolic OH excluding ortho intramolecular Hbond substituents is 1. The number of aromatic nitrogens is 2. The van der Waals surface area contributed by atoms with E-state index in [1.54, 1.807) is 19.1 Å². The van der Waals surface area contributed by atoms with Gasteiger partial charge in [0.25, 0.3) is 11.7 Å². The predicted molar refractivity (Wildman–Crippen MR) is 140 cm³/mol. The zero-order chi connectivity index (χ0) is 27.0. The molecule has 1 aromatic carbocycles. The van der Waals surface area contributed by atoms with E-state index in [1.807, 2.05) is 36.6 Å². The molecule has 1 atom stereocenters. The Morgan fingerprint density at radius 2 is 1.92 bits per heavy atom. The zero-order valence-corrected chi connectivity index (χ0v) is 21.8. The smallest absolute Gasteiger partial charge is 0.295 e. The van der Waals surface area contributed by atoms with Crippen molar-refractivity contribution in [2.75, 3.05) is 46.0 Å². The third-order valence-corrected chi connectivity index (χ3v) is 7.21. The van der Waals surface area contributed by atoms with Gasteiger partial charge in [0.15, 0.2) is 17.3 Å². The summed E-state index contributed by atoms with van der Waals surface area (Å²) in [6.45, 7) is 9.39. The van der Waals surface area contributed by atoms with Gasteiger partial charge in [0.2, 0.25) is 0 Å². The van der Waals surface area contributed by atoms with Gasteiger partial charge in [-0.2, -0.15) is 0 Å². The number of ether oxygens (including phenoxy) is 2. The highest BCUT2D eigenvalue weighted by Crippen LogP contribution is 2.42. The third kappa shape index (κ3) is 4.50. The average molecular weight is 521 g/mol. The lowest BCUT2D eigenvalue weighted by molar-refractivity contribution is -0.140. The Morgan fingerprint density at radius 3 is 2.63 bits per heavy atom. The van der Waals surface area contributed by atoms with Crippen LogP contribution in [0.15, 0.2) is 42.1 Å². The number of morpholine rings is 1. The van der Waals surface area contributed by atoms with Crippen LogP contribution in [-0.4, -0.2) is 87.1 Å². The molecule has 0 spiro atoms. The molecule has 1 amide bonds. The molecule has 2 aromatic heterocycles. The van der Waals surface area contributed by atoms with E-state index < -0.39 is 17.7 Å². The molecule has 0 aliphatic carbocycles. The van der Waals surface area contributed by atoms with E-state index >= 15 is 0 Å². The van der Waals surface area contributed by atoms with Crippen LogP contribution in [0.4, 0.5) is 0 Å². The number of aromatic hydroxyl groups is 1. The fraction of sp³-hybridized carbons (Fsp3) is 0.393. The van der Waals surface area contributed by atoms with Crippen molar-refractivity contribution in [2.45, 2.75) is 26.8 Å². The lowest BCUT2D eigenvalue weighted by Gasteiger charge is -2.31. The van der Waals surface area contributed by atoms with Gasteiger partial charge in [-0.15, -0.1) is 0 Å². The first-order chi connectivity index (χ1) is 18.3. The van der Waals surface area contributed by atoms with Gasteiger partial charge in [0.1, 0.15) is 11.3 Å². The maximum absolute atomic E-state index is 13.5. The van der Waals surface area contributed by atoms with E-state index in [-0.39, 0.29) is 35.1 Å². The molecule has 10 heteroatoms. The predicted octanol–water partition coefficient (Wildman–Crippen LogP) is 2.81. The van der Waals surface area contributed by atoms with Crippen LogP contribution in [0.3, 0.4) is 0 Å². The molecule has 3 aromatic rings. The number of aryl methyl sites for hydroxylation is 2. The maximum Gasteiger partial charge on any atom is 0.295 e. The summed E-state index contributed by atoms with van der Waals surface area (Å²) in [5.41, 5.74) is 2.99. The molecule has 200 valence electrons.